The van der Waals surface area contributed by atoms with E-state index in [4.69, 9.17) is 0 Å². The fourth-order valence-corrected chi connectivity index (χ4v) is 2.28. The largest absolute Gasteiger partial charge is 0.338 e. The van der Waals surface area contributed by atoms with Crippen LogP contribution in [0.2, 0.25) is 0 Å². The molecule has 1 amide bonds. The molecular weight excluding hydrogens is 357 g/mol. The maximum Gasteiger partial charge on any atom is 0.254 e. The molecule has 1 heterocycles. The molecule has 2 rings (SSSR count). The number of hydrogen-bond donors (Lipinski definition) is 0. The van der Waals surface area contributed by atoms with Gasteiger partial charge in [0.1, 0.15) is 0 Å². The zero-order chi connectivity index (χ0) is 10.1. The molecule has 2 nitrogen and oxygen atoms in total. The predicted octanol–water partition coefficient (Wildman–Crippen LogP) is 2.90. The third-order valence-corrected chi connectivity index (χ3v) is 3.74. The molecule has 0 N–H and O–H groups in total. The van der Waals surface area contributed by atoms with Crippen LogP contribution in [0.4, 0.5) is 0 Å². The average Bonchev–Trinajstić information content (AvgIpc) is 2.06. The van der Waals surface area contributed by atoms with Gasteiger partial charge >= 0.3 is 0 Å². The lowest BCUT2D eigenvalue weighted by Gasteiger charge is -2.31. The van der Waals surface area contributed by atoms with Crippen molar-refractivity contribution in [1.82, 2.24) is 4.90 Å². The molecule has 0 unspecified atom stereocenters. The van der Waals surface area contributed by atoms with E-state index in [-0.39, 0.29) is 5.91 Å². The molecule has 0 atom stereocenters. The van der Waals surface area contributed by atoms with E-state index >= 15 is 0 Å². The highest BCUT2D eigenvalue weighted by molar-refractivity contribution is 14.1. The van der Waals surface area contributed by atoms with Crippen molar-refractivity contribution in [3.63, 3.8) is 0 Å². The molecule has 0 bridgehead atoms. The van der Waals surface area contributed by atoms with E-state index in [9.17, 15) is 4.79 Å². The lowest BCUT2D eigenvalue weighted by atomic mass is 10.1. The molecule has 1 aromatic carbocycles. The second-order valence-electron chi connectivity index (χ2n) is 3.27. The van der Waals surface area contributed by atoms with Crippen LogP contribution < -0.4 is 0 Å². The van der Waals surface area contributed by atoms with Crippen LogP contribution in [0.1, 0.15) is 16.8 Å². The van der Waals surface area contributed by atoms with E-state index in [1.165, 1.54) is 0 Å². The van der Waals surface area contributed by atoms with Gasteiger partial charge in [-0.25, -0.2) is 0 Å². The molecule has 1 aromatic rings. The van der Waals surface area contributed by atoms with Gasteiger partial charge in [-0.3, -0.25) is 4.79 Å². The summed E-state index contributed by atoms with van der Waals surface area (Å²) in [6.07, 6.45) is 1.14. The van der Waals surface area contributed by atoms with Crippen molar-refractivity contribution in [2.45, 2.75) is 6.42 Å². The number of carbonyl (C=O) groups is 1. The monoisotopic (exact) mass is 365 g/mol. The summed E-state index contributed by atoms with van der Waals surface area (Å²) in [5, 5.41) is 0. The lowest BCUT2D eigenvalue weighted by Crippen LogP contribution is -2.42. The van der Waals surface area contributed by atoms with Gasteiger partial charge in [0, 0.05) is 21.1 Å². The van der Waals surface area contributed by atoms with Gasteiger partial charge in [0.15, 0.2) is 0 Å². The molecule has 0 aliphatic carbocycles. The minimum absolute atomic E-state index is 0.155. The van der Waals surface area contributed by atoms with Crippen LogP contribution >= 0.6 is 38.5 Å². The first-order valence-corrected chi connectivity index (χ1v) is 6.30. The first kappa shape index (κ1) is 10.4. The summed E-state index contributed by atoms with van der Waals surface area (Å²) in [5.74, 6) is 0.155. The number of nitrogens with zero attached hydrogens (tertiary/aromatic N) is 1. The minimum Gasteiger partial charge on any atom is -0.338 e. The highest BCUT2D eigenvalue weighted by Crippen LogP contribution is 2.21. The van der Waals surface area contributed by atoms with Gasteiger partial charge in [0.25, 0.3) is 5.91 Å². The van der Waals surface area contributed by atoms with E-state index in [0.29, 0.717) is 0 Å². The highest BCUT2D eigenvalue weighted by Gasteiger charge is 2.23. The summed E-state index contributed by atoms with van der Waals surface area (Å²) >= 11 is 5.58. The van der Waals surface area contributed by atoms with Gasteiger partial charge in [-0.1, -0.05) is 15.9 Å². The molecule has 0 radical (unpaired) electrons. The molecule has 1 aliphatic rings. The first-order valence-electron chi connectivity index (χ1n) is 4.43. The van der Waals surface area contributed by atoms with Crippen LogP contribution in [0.5, 0.6) is 0 Å². The maximum atomic E-state index is 11.9. The van der Waals surface area contributed by atoms with Crippen molar-refractivity contribution in [1.29, 1.82) is 0 Å². The summed E-state index contributed by atoms with van der Waals surface area (Å²) < 4.78 is 1.98. The standard InChI is InChI=1S/C10H9BrINO/c11-7-2-3-9(12)8(6-7)10(14)13-4-1-5-13/h2-3,6H,1,4-5H2. The van der Waals surface area contributed by atoms with Crippen LogP contribution in [-0.2, 0) is 0 Å². The Morgan fingerprint density at radius 1 is 1.43 bits per heavy atom. The zero-order valence-electron chi connectivity index (χ0n) is 7.46. The Bertz CT molecular complexity index is 376. The SMILES string of the molecule is O=C(c1cc(Br)ccc1I)N1CCC1. The van der Waals surface area contributed by atoms with Crippen molar-refractivity contribution < 1.29 is 4.79 Å². The number of likely N-dealkylation sites (tertiary alicyclic amines) is 1. The predicted molar refractivity (Wildman–Crippen MR) is 67.4 cm³/mol. The number of amides is 1. The fraction of sp³-hybridized carbons (Fsp3) is 0.300. The van der Waals surface area contributed by atoms with Crippen LogP contribution in [0.15, 0.2) is 22.7 Å². The van der Waals surface area contributed by atoms with Gasteiger partial charge < -0.3 is 4.90 Å². The van der Waals surface area contributed by atoms with Gasteiger partial charge in [-0.2, -0.15) is 0 Å². The normalized spacial score (nSPS) is 15.1. The van der Waals surface area contributed by atoms with Gasteiger partial charge in [-0.05, 0) is 47.2 Å². The maximum absolute atomic E-state index is 11.9. The van der Waals surface area contributed by atoms with E-state index < -0.39 is 0 Å². The van der Waals surface area contributed by atoms with Crippen LogP contribution in [0, 0.1) is 3.57 Å². The molecule has 14 heavy (non-hydrogen) atoms. The number of halogens is 2. The van der Waals surface area contributed by atoms with Crippen LogP contribution in [-0.4, -0.2) is 23.9 Å². The van der Waals surface area contributed by atoms with Crippen molar-refractivity contribution in [3.05, 3.63) is 31.8 Å². The van der Waals surface area contributed by atoms with Crippen molar-refractivity contribution >= 4 is 44.4 Å². The van der Waals surface area contributed by atoms with Crippen LogP contribution in [0.25, 0.3) is 0 Å². The topological polar surface area (TPSA) is 20.3 Å². The first-order chi connectivity index (χ1) is 6.68. The Morgan fingerprint density at radius 3 is 2.71 bits per heavy atom. The average molecular weight is 366 g/mol. The molecule has 4 heteroatoms. The fourth-order valence-electron chi connectivity index (χ4n) is 1.35. The van der Waals surface area contributed by atoms with Crippen molar-refractivity contribution in [2.75, 3.05) is 13.1 Å². The summed E-state index contributed by atoms with van der Waals surface area (Å²) in [7, 11) is 0. The van der Waals surface area contributed by atoms with Crippen LogP contribution in [0.3, 0.4) is 0 Å². The summed E-state index contributed by atoms with van der Waals surface area (Å²) in [6.45, 7) is 1.81. The number of hydrogen-bond acceptors (Lipinski definition) is 1. The third-order valence-electron chi connectivity index (χ3n) is 2.30. The molecule has 0 aromatic heterocycles. The van der Waals surface area contributed by atoms with E-state index in [2.05, 4.69) is 38.5 Å². The Balaban J connectivity index is 2.29. The molecule has 0 saturated carbocycles. The lowest BCUT2D eigenvalue weighted by molar-refractivity contribution is 0.0650. The van der Waals surface area contributed by atoms with Gasteiger partial charge in [-0.15, -0.1) is 0 Å². The Labute approximate surface area is 105 Å². The minimum atomic E-state index is 0.155. The van der Waals surface area contributed by atoms with E-state index in [1.807, 2.05) is 23.1 Å². The molecule has 1 fully saturated rings. The second-order valence-corrected chi connectivity index (χ2v) is 5.35. The zero-order valence-corrected chi connectivity index (χ0v) is 11.2. The smallest absolute Gasteiger partial charge is 0.254 e. The number of benzene rings is 1. The molecule has 1 aliphatic heterocycles. The number of carbonyl (C=O) groups excluding carboxylic acids is 1. The Hall–Kier alpha value is -0.100. The molecule has 1 saturated heterocycles. The second kappa shape index (κ2) is 4.18. The van der Waals surface area contributed by atoms with Gasteiger partial charge in [0.05, 0.1) is 5.56 Å². The third kappa shape index (κ3) is 1.95. The molecule has 74 valence electrons. The number of rotatable bonds is 1. The van der Waals surface area contributed by atoms with Gasteiger partial charge in [0.2, 0.25) is 0 Å². The van der Waals surface area contributed by atoms with Crippen molar-refractivity contribution in [2.24, 2.45) is 0 Å². The summed E-state index contributed by atoms with van der Waals surface area (Å²) in [5.41, 5.74) is 0.805. The highest BCUT2D eigenvalue weighted by atomic mass is 127. The van der Waals surface area contributed by atoms with Crippen molar-refractivity contribution in [3.8, 4) is 0 Å². The Morgan fingerprint density at radius 2 is 2.14 bits per heavy atom. The Kier molecular flexibility index (Phi) is 3.11. The molecular formula is C10H9BrINO. The van der Waals surface area contributed by atoms with E-state index in [0.717, 1.165) is 33.1 Å². The van der Waals surface area contributed by atoms with E-state index in [1.54, 1.807) is 0 Å². The summed E-state index contributed by atoms with van der Waals surface area (Å²) in [4.78, 5) is 13.8. The molecule has 0 spiro atoms. The quantitative estimate of drug-likeness (QED) is 0.701. The summed E-state index contributed by atoms with van der Waals surface area (Å²) in [6, 6.07) is 5.80.